The van der Waals surface area contributed by atoms with Crippen LogP contribution in [0.15, 0.2) is 9.00 Å². The Kier molecular flexibility index (Phi) is 4.38. The van der Waals surface area contributed by atoms with Crippen LogP contribution in [-0.4, -0.2) is 44.5 Å². The summed E-state index contributed by atoms with van der Waals surface area (Å²) in [5.74, 6) is 0. The molecule has 20 heavy (non-hydrogen) atoms. The maximum absolute atomic E-state index is 12.3. The number of aromatic nitrogens is 1. The number of nitrogens with zero attached hydrogens (tertiary/aromatic N) is 1. The number of thiazole rings is 1. The second kappa shape index (κ2) is 5.59. The van der Waals surface area contributed by atoms with E-state index in [1.807, 2.05) is 14.1 Å². The van der Waals surface area contributed by atoms with Crippen LogP contribution < -0.4 is 9.60 Å². The van der Waals surface area contributed by atoms with Gasteiger partial charge in [0.05, 0.1) is 0 Å². The number of H-pyrrole nitrogens is 1. The first kappa shape index (κ1) is 15.7. The second-order valence-corrected chi connectivity index (χ2v) is 8.52. The summed E-state index contributed by atoms with van der Waals surface area (Å²) in [6, 6.07) is 0. The Hall–Kier alpha value is -0.700. The van der Waals surface area contributed by atoms with Crippen molar-refractivity contribution in [2.24, 2.45) is 0 Å². The number of rotatable bonds is 5. The van der Waals surface area contributed by atoms with E-state index in [9.17, 15) is 13.2 Å². The Bertz CT molecular complexity index is 625. The van der Waals surface area contributed by atoms with Gasteiger partial charge in [-0.3, -0.25) is 4.79 Å². The predicted octanol–water partition coefficient (Wildman–Crippen LogP) is 0.898. The highest BCUT2D eigenvalue weighted by Gasteiger charge is 2.37. The van der Waals surface area contributed by atoms with Gasteiger partial charge in [0, 0.05) is 17.8 Å². The van der Waals surface area contributed by atoms with Gasteiger partial charge in [-0.05, 0) is 33.9 Å². The molecule has 0 spiro atoms. The summed E-state index contributed by atoms with van der Waals surface area (Å²) in [6.07, 6.45) is 4.22. The molecule has 0 aromatic carbocycles. The van der Waals surface area contributed by atoms with E-state index in [0.29, 0.717) is 12.2 Å². The zero-order valence-electron chi connectivity index (χ0n) is 12.0. The van der Waals surface area contributed by atoms with Crippen molar-refractivity contribution >= 4 is 21.4 Å². The first-order valence-electron chi connectivity index (χ1n) is 6.64. The number of nitrogens with one attached hydrogen (secondary N) is 2. The number of sulfonamides is 1. The Labute approximate surface area is 123 Å². The highest BCUT2D eigenvalue weighted by Crippen LogP contribution is 2.33. The predicted molar refractivity (Wildman–Crippen MR) is 79.8 cm³/mol. The Balaban J connectivity index is 2.17. The van der Waals surface area contributed by atoms with E-state index in [4.69, 9.17) is 0 Å². The highest BCUT2D eigenvalue weighted by molar-refractivity contribution is 7.91. The topological polar surface area (TPSA) is 82.3 Å². The van der Waals surface area contributed by atoms with Gasteiger partial charge < -0.3 is 9.88 Å². The number of aryl methyl sites for hydroxylation is 1. The molecule has 1 saturated carbocycles. The molecule has 1 fully saturated rings. The monoisotopic (exact) mass is 319 g/mol. The van der Waals surface area contributed by atoms with Crippen molar-refractivity contribution in [2.75, 3.05) is 20.6 Å². The Morgan fingerprint density at radius 3 is 2.40 bits per heavy atom. The van der Waals surface area contributed by atoms with Crippen LogP contribution in [0, 0.1) is 6.92 Å². The molecule has 1 aromatic rings. The summed E-state index contributed by atoms with van der Waals surface area (Å²) < 4.78 is 27.4. The molecule has 0 aliphatic heterocycles. The van der Waals surface area contributed by atoms with Crippen LogP contribution in [0.1, 0.15) is 31.4 Å². The molecule has 1 aliphatic carbocycles. The molecule has 0 amide bonds. The molecular weight excluding hydrogens is 298 g/mol. The van der Waals surface area contributed by atoms with Gasteiger partial charge in [-0.15, -0.1) is 0 Å². The lowest BCUT2D eigenvalue weighted by atomic mass is 9.97. The molecule has 2 N–H and O–H groups in total. The molecule has 6 nitrogen and oxygen atoms in total. The van der Waals surface area contributed by atoms with Gasteiger partial charge in [-0.1, -0.05) is 24.2 Å². The molecule has 8 heteroatoms. The summed E-state index contributed by atoms with van der Waals surface area (Å²) in [7, 11) is 0.353. The van der Waals surface area contributed by atoms with Gasteiger partial charge in [0.2, 0.25) is 0 Å². The van der Waals surface area contributed by atoms with Crippen molar-refractivity contribution in [2.45, 2.75) is 42.4 Å². The first-order valence-corrected chi connectivity index (χ1v) is 8.94. The van der Waals surface area contributed by atoms with Crippen molar-refractivity contribution in [3.05, 3.63) is 15.4 Å². The third-order valence-electron chi connectivity index (χ3n) is 4.10. The van der Waals surface area contributed by atoms with Crippen LogP contribution in [-0.2, 0) is 10.0 Å². The minimum atomic E-state index is -3.62. The second-order valence-electron chi connectivity index (χ2n) is 5.58. The van der Waals surface area contributed by atoms with E-state index in [1.165, 1.54) is 0 Å². The lowest BCUT2D eigenvalue weighted by Crippen LogP contribution is -2.50. The normalized spacial score (nSPS) is 18.8. The van der Waals surface area contributed by atoms with Gasteiger partial charge in [-0.25, -0.2) is 13.1 Å². The lowest BCUT2D eigenvalue weighted by molar-refractivity contribution is 0.162. The SMILES string of the molecule is Cc1[nH]c(=O)sc1S(=O)(=O)NCC1(N(C)C)CCCC1. The average Bonchev–Trinajstić information content (AvgIpc) is 2.94. The summed E-state index contributed by atoms with van der Waals surface area (Å²) in [5, 5.41) is 0. The van der Waals surface area contributed by atoms with Gasteiger partial charge in [0.25, 0.3) is 10.0 Å². The Morgan fingerprint density at radius 2 is 1.95 bits per heavy atom. The number of aromatic amines is 1. The van der Waals surface area contributed by atoms with Gasteiger partial charge in [0.1, 0.15) is 0 Å². The third-order valence-corrected chi connectivity index (χ3v) is 7.11. The van der Waals surface area contributed by atoms with E-state index in [1.54, 1.807) is 6.92 Å². The molecule has 0 radical (unpaired) electrons. The van der Waals surface area contributed by atoms with Crippen LogP contribution in [0.3, 0.4) is 0 Å². The number of likely N-dealkylation sites (N-methyl/N-ethyl adjacent to an activating group) is 1. The molecule has 0 saturated heterocycles. The largest absolute Gasteiger partial charge is 0.315 e. The molecule has 2 rings (SSSR count). The quantitative estimate of drug-likeness (QED) is 0.845. The summed E-state index contributed by atoms with van der Waals surface area (Å²) in [4.78, 5) is 15.5. The third kappa shape index (κ3) is 2.98. The summed E-state index contributed by atoms with van der Waals surface area (Å²) in [5.41, 5.74) is 0.292. The van der Waals surface area contributed by atoms with Gasteiger partial charge in [0.15, 0.2) is 4.21 Å². The minimum absolute atomic E-state index is 0.0920. The van der Waals surface area contributed by atoms with Gasteiger partial charge in [-0.2, -0.15) is 0 Å². The molecule has 0 unspecified atom stereocenters. The van der Waals surface area contributed by atoms with E-state index >= 15 is 0 Å². The average molecular weight is 319 g/mol. The minimum Gasteiger partial charge on any atom is -0.315 e. The van der Waals surface area contributed by atoms with E-state index in [0.717, 1.165) is 37.0 Å². The fraction of sp³-hybridized carbons (Fsp3) is 0.750. The van der Waals surface area contributed by atoms with Crippen molar-refractivity contribution in [1.29, 1.82) is 0 Å². The zero-order valence-corrected chi connectivity index (χ0v) is 13.7. The smallest absolute Gasteiger partial charge is 0.305 e. The lowest BCUT2D eigenvalue weighted by Gasteiger charge is -2.36. The van der Waals surface area contributed by atoms with Crippen molar-refractivity contribution in [1.82, 2.24) is 14.6 Å². The van der Waals surface area contributed by atoms with Crippen molar-refractivity contribution < 1.29 is 8.42 Å². The molecule has 114 valence electrons. The van der Waals surface area contributed by atoms with Crippen LogP contribution >= 0.6 is 11.3 Å². The highest BCUT2D eigenvalue weighted by atomic mass is 32.2. The number of hydrogen-bond acceptors (Lipinski definition) is 5. The standard InChI is InChI=1S/C12H21N3O3S2/c1-9-10(19-11(16)14-9)20(17,18)13-8-12(15(2)3)6-4-5-7-12/h13H,4-8H2,1-3H3,(H,14,16). The molecule has 0 bridgehead atoms. The molecule has 1 heterocycles. The maximum Gasteiger partial charge on any atom is 0.305 e. The zero-order chi connectivity index (χ0) is 15.0. The van der Waals surface area contributed by atoms with Crippen molar-refractivity contribution in [3.63, 3.8) is 0 Å². The molecule has 1 aliphatic rings. The van der Waals surface area contributed by atoms with Gasteiger partial charge >= 0.3 is 4.87 Å². The fourth-order valence-electron chi connectivity index (χ4n) is 2.76. The van der Waals surface area contributed by atoms with E-state index in [-0.39, 0.29) is 14.6 Å². The number of hydrogen-bond donors (Lipinski definition) is 2. The van der Waals surface area contributed by atoms with E-state index in [2.05, 4.69) is 14.6 Å². The van der Waals surface area contributed by atoms with Crippen LogP contribution in [0.2, 0.25) is 0 Å². The summed E-state index contributed by atoms with van der Waals surface area (Å²) >= 11 is 0.736. The maximum atomic E-state index is 12.3. The van der Waals surface area contributed by atoms with Crippen LogP contribution in [0.25, 0.3) is 0 Å². The molecule has 1 aromatic heterocycles. The molecule has 0 atom stereocenters. The summed E-state index contributed by atoms with van der Waals surface area (Å²) in [6.45, 7) is 1.98. The van der Waals surface area contributed by atoms with Crippen molar-refractivity contribution in [3.8, 4) is 0 Å². The Morgan fingerprint density at radius 1 is 1.35 bits per heavy atom. The fourth-order valence-corrected chi connectivity index (χ4v) is 5.22. The first-order chi connectivity index (χ1) is 9.27. The molecular formula is C12H21N3O3S2. The van der Waals surface area contributed by atoms with Crippen LogP contribution in [0.5, 0.6) is 0 Å². The van der Waals surface area contributed by atoms with Crippen LogP contribution in [0.4, 0.5) is 0 Å². The van der Waals surface area contributed by atoms with E-state index < -0.39 is 10.0 Å².